The molecule has 3 rings (SSSR count). The van der Waals surface area contributed by atoms with E-state index in [9.17, 15) is 18.0 Å². The maximum absolute atomic E-state index is 12.8. The van der Waals surface area contributed by atoms with Crippen LogP contribution in [0.5, 0.6) is 0 Å². The lowest BCUT2D eigenvalue weighted by molar-refractivity contribution is -0.139. The number of anilines is 1. The summed E-state index contributed by atoms with van der Waals surface area (Å²) in [7, 11) is 0. The Kier molecular flexibility index (Phi) is 3.19. The fourth-order valence-electron chi connectivity index (χ4n) is 2.83. The van der Waals surface area contributed by atoms with Crippen LogP contribution in [-0.2, 0) is 6.18 Å². The van der Waals surface area contributed by atoms with Gasteiger partial charge in [-0.25, -0.2) is 4.79 Å². The van der Waals surface area contributed by atoms with Crippen LogP contribution in [0.4, 0.5) is 18.9 Å². The largest absolute Gasteiger partial charge is 0.423 e. The number of rotatable bonds is 1. The lowest BCUT2D eigenvalue weighted by atomic mass is 9.88. The third kappa shape index (κ3) is 2.39. The first kappa shape index (κ1) is 14.0. The van der Waals surface area contributed by atoms with Gasteiger partial charge in [0.2, 0.25) is 0 Å². The van der Waals surface area contributed by atoms with Gasteiger partial charge in [-0.3, -0.25) is 0 Å². The molecule has 1 N–H and O–H groups in total. The van der Waals surface area contributed by atoms with Crippen LogP contribution in [-0.4, -0.2) is 6.54 Å². The summed E-state index contributed by atoms with van der Waals surface area (Å²) in [6, 6.07) is 4.19. The SMILES string of the molecule is CCC1CCNc2cc3oc(=O)c(C(F)(F)F)cc3cc21. The van der Waals surface area contributed by atoms with Gasteiger partial charge in [-0.1, -0.05) is 6.92 Å². The van der Waals surface area contributed by atoms with Gasteiger partial charge in [0.15, 0.2) is 0 Å². The van der Waals surface area contributed by atoms with Crippen LogP contribution < -0.4 is 10.9 Å². The van der Waals surface area contributed by atoms with Gasteiger partial charge in [-0.15, -0.1) is 0 Å². The molecule has 0 radical (unpaired) electrons. The molecule has 0 saturated carbocycles. The van der Waals surface area contributed by atoms with Gasteiger partial charge in [-0.2, -0.15) is 13.2 Å². The van der Waals surface area contributed by atoms with E-state index in [0.717, 1.165) is 36.7 Å². The van der Waals surface area contributed by atoms with Gasteiger partial charge in [0.05, 0.1) is 0 Å². The first-order valence-corrected chi connectivity index (χ1v) is 6.83. The van der Waals surface area contributed by atoms with Crippen molar-refractivity contribution in [2.24, 2.45) is 0 Å². The minimum Gasteiger partial charge on any atom is -0.422 e. The van der Waals surface area contributed by atoms with Crippen molar-refractivity contribution in [1.29, 1.82) is 0 Å². The van der Waals surface area contributed by atoms with E-state index in [2.05, 4.69) is 12.2 Å². The van der Waals surface area contributed by atoms with Gasteiger partial charge in [0.25, 0.3) is 0 Å². The van der Waals surface area contributed by atoms with E-state index < -0.39 is 17.4 Å². The van der Waals surface area contributed by atoms with Crippen molar-refractivity contribution in [2.75, 3.05) is 11.9 Å². The Balaban J connectivity index is 2.24. The average Bonchev–Trinajstić information content (AvgIpc) is 2.42. The zero-order valence-corrected chi connectivity index (χ0v) is 11.4. The fourth-order valence-corrected chi connectivity index (χ4v) is 2.83. The molecule has 2 aromatic rings. The Labute approximate surface area is 118 Å². The zero-order valence-electron chi connectivity index (χ0n) is 11.4. The summed E-state index contributed by atoms with van der Waals surface area (Å²) in [4.78, 5) is 11.5. The van der Waals surface area contributed by atoms with Crippen LogP contribution in [0.15, 0.2) is 27.4 Å². The first-order chi connectivity index (χ1) is 9.90. The van der Waals surface area contributed by atoms with E-state index in [1.807, 2.05) is 0 Å². The highest BCUT2D eigenvalue weighted by Crippen LogP contribution is 2.37. The summed E-state index contributed by atoms with van der Waals surface area (Å²) in [5, 5.41) is 3.51. The number of alkyl halides is 3. The maximum atomic E-state index is 12.8. The highest BCUT2D eigenvalue weighted by atomic mass is 19.4. The number of halogens is 3. The highest BCUT2D eigenvalue weighted by molar-refractivity contribution is 5.83. The number of nitrogens with one attached hydrogen (secondary N) is 1. The number of benzene rings is 1. The molecule has 1 unspecified atom stereocenters. The summed E-state index contributed by atoms with van der Waals surface area (Å²) in [6.07, 6.45) is -2.84. The number of hydrogen-bond acceptors (Lipinski definition) is 3. The average molecular weight is 297 g/mol. The molecule has 1 aliphatic heterocycles. The predicted molar refractivity (Wildman–Crippen MR) is 73.6 cm³/mol. The smallest absolute Gasteiger partial charge is 0.422 e. The van der Waals surface area contributed by atoms with Crippen molar-refractivity contribution in [3.63, 3.8) is 0 Å². The van der Waals surface area contributed by atoms with E-state index in [1.165, 1.54) is 0 Å². The maximum Gasteiger partial charge on any atom is 0.423 e. The molecule has 0 spiro atoms. The van der Waals surface area contributed by atoms with Gasteiger partial charge < -0.3 is 9.73 Å². The topological polar surface area (TPSA) is 42.2 Å². The molecule has 6 heteroatoms. The lowest BCUT2D eigenvalue weighted by Gasteiger charge is -2.26. The Morgan fingerprint density at radius 3 is 2.76 bits per heavy atom. The summed E-state index contributed by atoms with van der Waals surface area (Å²) in [5.74, 6) is 0.312. The molecule has 1 aromatic carbocycles. The van der Waals surface area contributed by atoms with Gasteiger partial charge >= 0.3 is 11.8 Å². The molecule has 112 valence electrons. The van der Waals surface area contributed by atoms with Crippen molar-refractivity contribution >= 4 is 16.7 Å². The standard InChI is InChI=1S/C15H14F3NO2/c1-2-8-3-4-19-12-7-13-9(5-10(8)12)6-11(14(20)21-13)15(16,17)18/h5-8,19H,2-4H2,1H3. The predicted octanol–water partition coefficient (Wildman–Crippen LogP) is 4.12. The van der Waals surface area contributed by atoms with Crippen molar-refractivity contribution in [3.8, 4) is 0 Å². The molecule has 0 bridgehead atoms. The number of hydrogen-bond donors (Lipinski definition) is 1. The van der Waals surface area contributed by atoms with E-state index >= 15 is 0 Å². The van der Waals surface area contributed by atoms with Crippen molar-refractivity contribution in [1.82, 2.24) is 0 Å². The molecule has 0 aliphatic carbocycles. The van der Waals surface area contributed by atoms with Crippen molar-refractivity contribution in [3.05, 3.63) is 39.7 Å². The van der Waals surface area contributed by atoms with E-state index in [1.54, 1.807) is 12.1 Å². The van der Waals surface area contributed by atoms with Crippen LogP contribution in [0.25, 0.3) is 11.0 Å². The molecule has 3 nitrogen and oxygen atoms in total. The third-order valence-corrected chi connectivity index (χ3v) is 3.95. The molecule has 0 fully saturated rings. The van der Waals surface area contributed by atoms with Gasteiger partial charge in [0.1, 0.15) is 11.1 Å². The molecule has 2 heterocycles. The normalized spacial score (nSPS) is 18.4. The monoisotopic (exact) mass is 297 g/mol. The molecule has 1 atom stereocenters. The Morgan fingerprint density at radius 1 is 1.33 bits per heavy atom. The van der Waals surface area contributed by atoms with Gasteiger partial charge in [0, 0.05) is 23.7 Å². The molecular weight excluding hydrogens is 283 g/mol. The minimum absolute atomic E-state index is 0.177. The van der Waals surface area contributed by atoms with Crippen LogP contribution in [0.1, 0.15) is 36.8 Å². The molecule has 0 saturated heterocycles. The second-order valence-corrected chi connectivity index (χ2v) is 5.24. The summed E-state index contributed by atoms with van der Waals surface area (Å²) in [5.41, 5.74) is -0.609. The lowest BCUT2D eigenvalue weighted by Crippen LogP contribution is -2.19. The quantitative estimate of drug-likeness (QED) is 0.805. The molecule has 1 aliphatic rings. The second-order valence-electron chi connectivity index (χ2n) is 5.24. The molecule has 0 amide bonds. The minimum atomic E-state index is -4.70. The van der Waals surface area contributed by atoms with E-state index in [-0.39, 0.29) is 5.58 Å². The second kappa shape index (κ2) is 4.79. The Morgan fingerprint density at radius 2 is 2.10 bits per heavy atom. The zero-order chi connectivity index (χ0) is 15.2. The van der Waals surface area contributed by atoms with Crippen LogP contribution in [0.3, 0.4) is 0 Å². The fraction of sp³-hybridized carbons (Fsp3) is 0.400. The first-order valence-electron chi connectivity index (χ1n) is 6.83. The summed E-state index contributed by atoms with van der Waals surface area (Å²) < 4.78 is 43.2. The Bertz CT molecular complexity index is 749. The van der Waals surface area contributed by atoms with E-state index in [4.69, 9.17) is 4.42 Å². The molecule has 1 aromatic heterocycles. The van der Waals surface area contributed by atoms with Crippen LogP contribution >= 0.6 is 0 Å². The Hall–Kier alpha value is -1.98. The summed E-state index contributed by atoms with van der Waals surface area (Å²) in [6.45, 7) is 2.86. The highest BCUT2D eigenvalue weighted by Gasteiger charge is 2.35. The van der Waals surface area contributed by atoms with Crippen LogP contribution in [0.2, 0.25) is 0 Å². The van der Waals surface area contributed by atoms with E-state index in [0.29, 0.717) is 11.3 Å². The van der Waals surface area contributed by atoms with Gasteiger partial charge in [-0.05, 0) is 36.5 Å². The molecule has 21 heavy (non-hydrogen) atoms. The number of fused-ring (bicyclic) bond motifs is 2. The van der Waals surface area contributed by atoms with Crippen molar-refractivity contribution in [2.45, 2.75) is 31.9 Å². The third-order valence-electron chi connectivity index (χ3n) is 3.95. The molecular formula is C15H14F3NO2. The summed E-state index contributed by atoms with van der Waals surface area (Å²) >= 11 is 0. The van der Waals surface area contributed by atoms with Crippen LogP contribution in [0, 0.1) is 0 Å². The van der Waals surface area contributed by atoms with Crippen molar-refractivity contribution < 1.29 is 17.6 Å².